The van der Waals surface area contributed by atoms with Gasteiger partial charge in [-0.05, 0) is 60.1 Å². The first-order valence-electron chi connectivity index (χ1n) is 10.4. The number of amides is 1. The Morgan fingerprint density at radius 1 is 1.03 bits per heavy atom. The zero-order valence-corrected chi connectivity index (χ0v) is 18.8. The SMILES string of the molecule is Cc1ccc(C(C)C)c(OC(C)C(=O)NCCOc2ccc(C(C)(C)C)cc2)c1. The van der Waals surface area contributed by atoms with Gasteiger partial charge in [0.05, 0.1) is 6.54 Å². The summed E-state index contributed by atoms with van der Waals surface area (Å²) in [4.78, 5) is 12.4. The minimum Gasteiger partial charge on any atom is -0.492 e. The number of hydrogen-bond acceptors (Lipinski definition) is 3. The molecule has 4 heteroatoms. The third kappa shape index (κ3) is 6.81. The summed E-state index contributed by atoms with van der Waals surface area (Å²) in [5.74, 6) is 1.77. The van der Waals surface area contributed by atoms with Gasteiger partial charge < -0.3 is 14.8 Å². The fourth-order valence-corrected chi connectivity index (χ4v) is 3.00. The zero-order chi connectivity index (χ0) is 21.6. The minimum atomic E-state index is -0.569. The van der Waals surface area contributed by atoms with Gasteiger partial charge in [0.1, 0.15) is 18.1 Å². The molecule has 0 saturated heterocycles. The average molecular weight is 398 g/mol. The van der Waals surface area contributed by atoms with Gasteiger partial charge in [-0.1, -0.05) is 58.9 Å². The third-order valence-corrected chi connectivity index (χ3v) is 4.85. The Morgan fingerprint density at radius 3 is 2.28 bits per heavy atom. The molecule has 1 unspecified atom stereocenters. The van der Waals surface area contributed by atoms with Crippen LogP contribution >= 0.6 is 0 Å². The van der Waals surface area contributed by atoms with Gasteiger partial charge in [0, 0.05) is 0 Å². The second-order valence-electron chi connectivity index (χ2n) is 8.87. The first-order chi connectivity index (χ1) is 13.6. The Labute approximate surface area is 175 Å². The molecule has 0 aromatic heterocycles. The molecule has 2 rings (SSSR count). The van der Waals surface area contributed by atoms with Gasteiger partial charge in [-0.15, -0.1) is 0 Å². The van der Waals surface area contributed by atoms with E-state index in [1.54, 1.807) is 6.92 Å². The number of carbonyl (C=O) groups excluding carboxylic acids is 1. The van der Waals surface area contributed by atoms with Crippen molar-refractivity contribution in [3.05, 3.63) is 59.2 Å². The molecule has 2 aromatic rings. The molecule has 4 nitrogen and oxygen atoms in total. The largest absolute Gasteiger partial charge is 0.492 e. The number of ether oxygens (including phenoxy) is 2. The number of aryl methyl sites for hydroxylation is 1. The van der Waals surface area contributed by atoms with Crippen molar-refractivity contribution in [2.75, 3.05) is 13.2 Å². The molecular formula is C25H35NO3. The van der Waals surface area contributed by atoms with Crippen molar-refractivity contribution in [1.82, 2.24) is 5.32 Å². The van der Waals surface area contributed by atoms with E-state index in [0.717, 1.165) is 22.6 Å². The maximum Gasteiger partial charge on any atom is 0.260 e. The molecule has 0 spiro atoms. The molecule has 1 N–H and O–H groups in total. The van der Waals surface area contributed by atoms with Crippen LogP contribution in [-0.4, -0.2) is 25.2 Å². The molecule has 0 radical (unpaired) electrons. The van der Waals surface area contributed by atoms with Gasteiger partial charge in [-0.2, -0.15) is 0 Å². The van der Waals surface area contributed by atoms with Crippen LogP contribution in [0.2, 0.25) is 0 Å². The van der Waals surface area contributed by atoms with Crippen molar-refractivity contribution in [2.24, 2.45) is 0 Å². The summed E-state index contributed by atoms with van der Waals surface area (Å²) in [7, 11) is 0. The van der Waals surface area contributed by atoms with Crippen LogP contribution in [0.3, 0.4) is 0 Å². The number of rotatable bonds is 8. The lowest BCUT2D eigenvalue weighted by Crippen LogP contribution is -2.38. The second kappa shape index (κ2) is 9.82. The lowest BCUT2D eigenvalue weighted by Gasteiger charge is -2.20. The van der Waals surface area contributed by atoms with E-state index in [4.69, 9.17) is 9.47 Å². The Kier molecular flexibility index (Phi) is 7.72. The minimum absolute atomic E-state index is 0.120. The van der Waals surface area contributed by atoms with Crippen LogP contribution in [0.5, 0.6) is 11.5 Å². The summed E-state index contributed by atoms with van der Waals surface area (Å²) < 4.78 is 11.7. The van der Waals surface area contributed by atoms with Crippen LogP contribution in [0.15, 0.2) is 42.5 Å². The van der Waals surface area contributed by atoms with Crippen molar-refractivity contribution in [1.29, 1.82) is 0 Å². The highest BCUT2D eigenvalue weighted by Crippen LogP contribution is 2.28. The zero-order valence-electron chi connectivity index (χ0n) is 18.8. The van der Waals surface area contributed by atoms with Crippen molar-refractivity contribution < 1.29 is 14.3 Å². The molecule has 1 amide bonds. The van der Waals surface area contributed by atoms with E-state index in [1.165, 1.54) is 5.56 Å². The predicted molar refractivity (Wildman–Crippen MR) is 119 cm³/mol. The quantitative estimate of drug-likeness (QED) is 0.609. The topological polar surface area (TPSA) is 47.6 Å². The molecule has 0 aliphatic heterocycles. The first kappa shape index (κ1) is 22.8. The Balaban J connectivity index is 1.81. The van der Waals surface area contributed by atoms with Gasteiger partial charge in [-0.3, -0.25) is 4.79 Å². The molecule has 0 bridgehead atoms. The molecule has 29 heavy (non-hydrogen) atoms. The summed E-state index contributed by atoms with van der Waals surface area (Å²) in [6.45, 7) is 15.4. The molecular weight excluding hydrogens is 362 g/mol. The number of nitrogens with one attached hydrogen (secondary N) is 1. The van der Waals surface area contributed by atoms with Crippen LogP contribution in [0.1, 0.15) is 64.2 Å². The van der Waals surface area contributed by atoms with Crippen LogP contribution in [0.4, 0.5) is 0 Å². The van der Waals surface area contributed by atoms with Gasteiger partial charge in [0.25, 0.3) is 5.91 Å². The molecule has 158 valence electrons. The Bertz CT molecular complexity index is 804. The van der Waals surface area contributed by atoms with E-state index in [2.05, 4.69) is 64.2 Å². The van der Waals surface area contributed by atoms with Crippen LogP contribution in [0, 0.1) is 6.92 Å². The normalized spacial score (nSPS) is 12.6. The third-order valence-electron chi connectivity index (χ3n) is 4.85. The molecule has 0 heterocycles. The average Bonchev–Trinajstić information content (AvgIpc) is 2.64. The molecule has 0 fully saturated rings. The van der Waals surface area contributed by atoms with Crippen molar-refractivity contribution >= 4 is 5.91 Å². The van der Waals surface area contributed by atoms with Crippen LogP contribution < -0.4 is 14.8 Å². The molecule has 1 atom stereocenters. The number of benzene rings is 2. The highest BCUT2D eigenvalue weighted by Gasteiger charge is 2.17. The van der Waals surface area contributed by atoms with Gasteiger partial charge in [0.2, 0.25) is 0 Å². The highest BCUT2D eigenvalue weighted by atomic mass is 16.5. The monoisotopic (exact) mass is 397 g/mol. The first-order valence-corrected chi connectivity index (χ1v) is 10.4. The fourth-order valence-electron chi connectivity index (χ4n) is 3.00. The Hall–Kier alpha value is -2.49. The number of hydrogen-bond donors (Lipinski definition) is 1. The second-order valence-corrected chi connectivity index (χ2v) is 8.87. The Morgan fingerprint density at radius 2 is 1.69 bits per heavy atom. The molecule has 0 aliphatic carbocycles. The summed E-state index contributed by atoms with van der Waals surface area (Å²) in [5, 5.41) is 2.88. The molecule has 2 aromatic carbocycles. The predicted octanol–water partition coefficient (Wildman–Crippen LogP) is 5.38. The lowest BCUT2D eigenvalue weighted by atomic mass is 9.87. The van der Waals surface area contributed by atoms with E-state index >= 15 is 0 Å². The fraction of sp³-hybridized carbons (Fsp3) is 0.480. The standard InChI is InChI=1S/C25H35NO3/c1-17(2)22-13-8-18(3)16-23(22)29-19(4)24(27)26-14-15-28-21-11-9-20(10-12-21)25(5,6)7/h8-13,16-17,19H,14-15H2,1-7H3,(H,26,27). The summed E-state index contributed by atoms with van der Waals surface area (Å²) in [5.41, 5.74) is 3.61. The van der Waals surface area contributed by atoms with Gasteiger partial charge >= 0.3 is 0 Å². The van der Waals surface area contributed by atoms with Crippen molar-refractivity contribution in [3.8, 4) is 11.5 Å². The van der Waals surface area contributed by atoms with Crippen LogP contribution in [0.25, 0.3) is 0 Å². The summed E-state index contributed by atoms with van der Waals surface area (Å²) in [6, 6.07) is 14.2. The maximum absolute atomic E-state index is 12.4. The van der Waals surface area contributed by atoms with E-state index in [1.807, 2.05) is 25.1 Å². The van der Waals surface area contributed by atoms with Crippen molar-refractivity contribution in [2.45, 2.75) is 65.9 Å². The van der Waals surface area contributed by atoms with E-state index < -0.39 is 6.10 Å². The van der Waals surface area contributed by atoms with Crippen LogP contribution in [-0.2, 0) is 10.2 Å². The van der Waals surface area contributed by atoms with Gasteiger partial charge in [0.15, 0.2) is 6.10 Å². The van der Waals surface area contributed by atoms with E-state index in [9.17, 15) is 4.79 Å². The number of carbonyl (C=O) groups is 1. The van der Waals surface area contributed by atoms with Gasteiger partial charge in [-0.25, -0.2) is 0 Å². The molecule has 0 saturated carbocycles. The smallest absolute Gasteiger partial charge is 0.260 e. The highest BCUT2D eigenvalue weighted by molar-refractivity contribution is 5.80. The maximum atomic E-state index is 12.4. The molecule has 0 aliphatic rings. The van der Waals surface area contributed by atoms with E-state index in [-0.39, 0.29) is 11.3 Å². The van der Waals surface area contributed by atoms with E-state index in [0.29, 0.717) is 19.1 Å². The summed E-state index contributed by atoms with van der Waals surface area (Å²) in [6.07, 6.45) is -0.569. The van der Waals surface area contributed by atoms with Crippen molar-refractivity contribution in [3.63, 3.8) is 0 Å². The lowest BCUT2D eigenvalue weighted by molar-refractivity contribution is -0.127. The summed E-state index contributed by atoms with van der Waals surface area (Å²) >= 11 is 0.